The molecule has 2 aromatic rings. The van der Waals surface area contributed by atoms with Crippen LogP contribution in [0.2, 0.25) is 0 Å². The second kappa shape index (κ2) is 6.41. The molecule has 2 aromatic carbocycles. The van der Waals surface area contributed by atoms with Crippen LogP contribution < -0.4 is 5.32 Å². The molecule has 1 N–H and O–H groups in total. The Morgan fingerprint density at radius 3 is 2.55 bits per heavy atom. The minimum Gasteiger partial charge on any atom is -0.313 e. The highest BCUT2D eigenvalue weighted by molar-refractivity contribution is 9.10. The molecular formula is C15H13BrF3N. The van der Waals surface area contributed by atoms with Gasteiger partial charge in [-0.25, -0.2) is 13.2 Å². The normalized spacial score (nSPS) is 12.4. The summed E-state index contributed by atoms with van der Waals surface area (Å²) in [4.78, 5) is 0. The second-order valence-corrected chi connectivity index (χ2v) is 5.28. The summed E-state index contributed by atoms with van der Waals surface area (Å²) in [7, 11) is 1.67. The fourth-order valence-corrected chi connectivity index (χ4v) is 2.58. The van der Waals surface area contributed by atoms with Crippen molar-refractivity contribution < 1.29 is 13.2 Å². The Balaban J connectivity index is 2.31. The number of halogens is 4. The first kappa shape index (κ1) is 15.1. The molecule has 0 heterocycles. The molecule has 106 valence electrons. The molecule has 0 amide bonds. The highest BCUT2D eigenvalue weighted by Crippen LogP contribution is 2.26. The number of benzene rings is 2. The maximum absolute atomic E-state index is 13.8. The Morgan fingerprint density at radius 1 is 1.15 bits per heavy atom. The molecule has 0 aromatic heterocycles. The number of likely N-dealkylation sites (N-methyl/N-ethyl adjacent to an activating group) is 1. The van der Waals surface area contributed by atoms with Crippen LogP contribution in [-0.4, -0.2) is 7.05 Å². The van der Waals surface area contributed by atoms with E-state index in [-0.39, 0.29) is 11.4 Å². The maximum atomic E-state index is 13.8. The van der Waals surface area contributed by atoms with Crippen molar-refractivity contribution in [1.29, 1.82) is 0 Å². The van der Waals surface area contributed by atoms with E-state index in [1.165, 1.54) is 24.3 Å². The monoisotopic (exact) mass is 343 g/mol. The van der Waals surface area contributed by atoms with E-state index in [1.807, 2.05) is 0 Å². The fraction of sp³-hybridized carbons (Fsp3) is 0.200. The van der Waals surface area contributed by atoms with Gasteiger partial charge in [0.2, 0.25) is 0 Å². The van der Waals surface area contributed by atoms with E-state index in [4.69, 9.17) is 0 Å². The number of hydrogen-bond donors (Lipinski definition) is 1. The minimum absolute atomic E-state index is 0.253. The number of rotatable bonds is 4. The molecule has 0 aliphatic rings. The standard InChI is InChI=1S/C15H13BrF3N/c1-20-14(11-3-2-4-13(18)15(11)19)7-9-5-6-10(17)8-12(9)16/h2-6,8,14,20H,7H2,1H3. The molecule has 1 unspecified atom stereocenters. The fourth-order valence-electron chi connectivity index (χ4n) is 2.06. The zero-order valence-corrected chi connectivity index (χ0v) is 12.3. The molecule has 0 aliphatic carbocycles. The lowest BCUT2D eigenvalue weighted by Gasteiger charge is -2.18. The highest BCUT2D eigenvalue weighted by atomic mass is 79.9. The molecule has 20 heavy (non-hydrogen) atoms. The van der Waals surface area contributed by atoms with Gasteiger partial charge in [-0.2, -0.15) is 0 Å². The Bertz CT molecular complexity index is 616. The van der Waals surface area contributed by atoms with Crippen LogP contribution in [0.15, 0.2) is 40.9 Å². The van der Waals surface area contributed by atoms with Crippen molar-refractivity contribution in [3.63, 3.8) is 0 Å². The first-order chi connectivity index (χ1) is 9.52. The molecular weight excluding hydrogens is 331 g/mol. The van der Waals surface area contributed by atoms with Gasteiger partial charge in [0.1, 0.15) is 5.82 Å². The third-order valence-corrected chi connectivity index (χ3v) is 3.88. The largest absolute Gasteiger partial charge is 0.313 e. The van der Waals surface area contributed by atoms with Crippen molar-refractivity contribution in [3.05, 3.63) is 69.4 Å². The van der Waals surface area contributed by atoms with Gasteiger partial charge in [-0.05, 0) is 37.2 Å². The van der Waals surface area contributed by atoms with Crippen molar-refractivity contribution in [3.8, 4) is 0 Å². The van der Waals surface area contributed by atoms with Crippen LogP contribution in [0.4, 0.5) is 13.2 Å². The van der Waals surface area contributed by atoms with Gasteiger partial charge in [-0.3, -0.25) is 0 Å². The summed E-state index contributed by atoms with van der Waals surface area (Å²) in [6.07, 6.45) is 0.414. The van der Waals surface area contributed by atoms with Gasteiger partial charge in [-0.15, -0.1) is 0 Å². The first-order valence-electron chi connectivity index (χ1n) is 6.08. The summed E-state index contributed by atoms with van der Waals surface area (Å²) in [5, 5.41) is 2.96. The minimum atomic E-state index is -0.874. The van der Waals surface area contributed by atoms with Gasteiger partial charge in [0.15, 0.2) is 11.6 Å². The lowest BCUT2D eigenvalue weighted by molar-refractivity contribution is 0.473. The lowest BCUT2D eigenvalue weighted by atomic mass is 9.98. The molecule has 5 heteroatoms. The molecule has 0 fully saturated rings. The smallest absolute Gasteiger partial charge is 0.163 e. The summed E-state index contributed by atoms with van der Waals surface area (Å²) >= 11 is 3.27. The predicted octanol–water partition coefficient (Wildman–Crippen LogP) is 4.37. The van der Waals surface area contributed by atoms with Gasteiger partial charge in [0.25, 0.3) is 0 Å². The lowest BCUT2D eigenvalue weighted by Crippen LogP contribution is -2.20. The second-order valence-electron chi connectivity index (χ2n) is 4.42. The van der Waals surface area contributed by atoms with E-state index >= 15 is 0 Å². The van der Waals surface area contributed by atoms with E-state index in [1.54, 1.807) is 13.1 Å². The Labute approximate surface area is 123 Å². The Morgan fingerprint density at radius 2 is 1.90 bits per heavy atom. The molecule has 0 saturated heterocycles. The van der Waals surface area contributed by atoms with E-state index < -0.39 is 17.7 Å². The molecule has 0 spiro atoms. The van der Waals surface area contributed by atoms with Crippen molar-refractivity contribution in [1.82, 2.24) is 5.32 Å². The third-order valence-electron chi connectivity index (χ3n) is 3.14. The van der Waals surface area contributed by atoms with Gasteiger partial charge >= 0.3 is 0 Å². The molecule has 0 radical (unpaired) electrons. The molecule has 1 atom stereocenters. The van der Waals surface area contributed by atoms with Crippen molar-refractivity contribution in [2.45, 2.75) is 12.5 Å². The van der Waals surface area contributed by atoms with Gasteiger partial charge in [0, 0.05) is 16.1 Å². The third kappa shape index (κ3) is 3.22. The highest BCUT2D eigenvalue weighted by Gasteiger charge is 2.18. The molecule has 1 nitrogen and oxygen atoms in total. The molecule has 2 rings (SSSR count). The summed E-state index contributed by atoms with van der Waals surface area (Å²) in [5.41, 5.74) is 1.07. The van der Waals surface area contributed by atoms with Crippen molar-refractivity contribution >= 4 is 15.9 Å². The van der Waals surface area contributed by atoms with Crippen molar-refractivity contribution in [2.24, 2.45) is 0 Å². The molecule has 0 bridgehead atoms. The summed E-state index contributed by atoms with van der Waals surface area (Å²) < 4.78 is 40.8. The number of hydrogen-bond acceptors (Lipinski definition) is 1. The van der Waals surface area contributed by atoms with Gasteiger partial charge in [-0.1, -0.05) is 34.1 Å². The zero-order valence-electron chi connectivity index (χ0n) is 10.8. The van der Waals surface area contributed by atoms with E-state index in [2.05, 4.69) is 21.2 Å². The SMILES string of the molecule is CNC(Cc1ccc(F)cc1Br)c1cccc(F)c1F. The van der Waals surface area contributed by atoms with Crippen molar-refractivity contribution in [2.75, 3.05) is 7.05 Å². The van der Waals surface area contributed by atoms with E-state index in [0.717, 1.165) is 11.6 Å². The van der Waals surface area contributed by atoms with Crippen LogP contribution in [0, 0.1) is 17.5 Å². The van der Waals surface area contributed by atoms with Crippen LogP contribution in [0.3, 0.4) is 0 Å². The summed E-state index contributed by atoms with van der Waals surface area (Å²) in [6, 6.07) is 8.01. The van der Waals surface area contributed by atoms with Crippen LogP contribution >= 0.6 is 15.9 Å². The van der Waals surface area contributed by atoms with Gasteiger partial charge < -0.3 is 5.32 Å². The topological polar surface area (TPSA) is 12.0 Å². The Hall–Kier alpha value is -1.33. The van der Waals surface area contributed by atoms with Crippen LogP contribution in [0.25, 0.3) is 0 Å². The Kier molecular flexibility index (Phi) is 4.83. The first-order valence-corrected chi connectivity index (χ1v) is 6.87. The predicted molar refractivity (Wildman–Crippen MR) is 76.0 cm³/mol. The summed E-state index contributed by atoms with van der Waals surface area (Å²) in [6.45, 7) is 0. The average Bonchev–Trinajstić information content (AvgIpc) is 2.42. The van der Waals surface area contributed by atoms with E-state index in [9.17, 15) is 13.2 Å². The van der Waals surface area contributed by atoms with Gasteiger partial charge in [0.05, 0.1) is 0 Å². The number of nitrogens with one attached hydrogen (secondary N) is 1. The summed E-state index contributed by atoms with van der Waals surface area (Å²) in [5.74, 6) is -2.08. The molecule has 0 aliphatic heterocycles. The van der Waals surface area contributed by atoms with Crippen LogP contribution in [-0.2, 0) is 6.42 Å². The maximum Gasteiger partial charge on any atom is 0.163 e. The average molecular weight is 344 g/mol. The van der Waals surface area contributed by atoms with Crippen LogP contribution in [0.5, 0.6) is 0 Å². The zero-order chi connectivity index (χ0) is 14.7. The molecule has 0 saturated carbocycles. The van der Waals surface area contributed by atoms with E-state index in [0.29, 0.717) is 10.9 Å². The van der Waals surface area contributed by atoms with Crippen LogP contribution in [0.1, 0.15) is 17.2 Å². The quantitative estimate of drug-likeness (QED) is 0.869.